The average Bonchev–Trinajstić information content (AvgIpc) is 2.31. The first-order chi connectivity index (χ1) is 7.65. The Balaban J connectivity index is 2.34. The zero-order valence-corrected chi connectivity index (χ0v) is 9.03. The Kier molecular flexibility index (Phi) is 2.95. The van der Waals surface area contributed by atoms with E-state index in [-0.39, 0.29) is 0 Å². The van der Waals surface area contributed by atoms with E-state index in [2.05, 4.69) is 0 Å². The monoisotopic (exact) mass is 222 g/mol. The quantitative estimate of drug-likeness (QED) is 0.835. The molecule has 0 radical (unpaired) electrons. The standard InChI is InChI=1S/C13H15FO2/c14-11-6-8-13(9-7-11,12(15)16)10-4-2-1-3-5-10/h1-5,11H,6-9H2,(H,15,16). The first-order valence-electron chi connectivity index (χ1n) is 5.58. The smallest absolute Gasteiger partial charge is 0.314 e. The van der Waals surface area contributed by atoms with E-state index >= 15 is 0 Å². The molecule has 1 aromatic carbocycles. The lowest BCUT2D eigenvalue weighted by Gasteiger charge is -2.34. The number of carbonyl (C=O) groups is 1. The highest BCUT2D eigenvalue weighted by atomic mass is 19.1. The fraction of sp³-hybridized carbons (Fsp3) is 0.462. The van der Waals surface area contributed by atoms with Crippen molar-refractivity contribution >= 4 is 5.97 Å². The van der Waals surface area contributed by atoms with Crippen molar-refractivity contribution in [2.45, 2.75) is 37.3 Å². The molecular formula is C13H15FO2. The molecule has 1 aromatic rings. The Morgan fingerprint density at radius 1 is 1.25 bits per heavy atom. The molecule has 0 amide bonds. The van der Waals surface area contributed by atoms with E-state index in [0.29, 0.717) is 25.7 Å². The summed E-state index contributed by atoms with van der Waals surface area (Å²) in [6.45, 7) is 0. The molecule has 0 saturated heterocycles. The fourth-order valence-corrected chi connectivity index (χ4v) is 2.46. The molecule has 16 heavy (non-hydrogen) atoms. The van der Waals surface area contributed by atoms with Crippen molar-refractivity contribution in [1.29, 1.82) is 0 Å². The van der Waals surface area contributed by atoms with Gasteiger partial charge in [0.25, 0.3) is 0 Å². The van der Waals surface area contributed by atoms with E-state index in [4.69, 9.17) is 0 Å². The van der Waals surface area contributed by atoms with Crippen molar-refractivity contribution in [3.63, 3.8) is 0 Å². The predicted molar refractivity (Wildman–Crippen MR) is 59.1 cm³/mol. The number of benzene rings is 1. The third-order valence-electron chi connectivity index (χ3n) is 3.50. The van der Waals surface area contributed by atoms with Gasteiger partial charge in [0, 0.05) is 0 Å². The van der Waals surface area contributed by atoms with E-state index in [1.165, 1.54) is 0 Å². The summed E-state index contributed by atoms with van der Waals surface area (Å²) in [6, 6.07) is 9.18. The molecule has 0 unspecified atom stereocenters. The van der Waals surface area contributed by atoms with Crippen LogP contribution in [-0.2, 0) is 10.2 Å². The Hall–Kier alpha value is -1.38. The molecule has 0 aliphatic heterocycles. The molecule has 2 rings (SSSR count). The van der Waals surface area contributed by atoms with E-state index in [0.717, 1.165) is 5.56 Å². The molecule has 1 aliphatic rings. The van der Waals surface area contributed by atoms with Crippen LogP contribution in [-0.4, -0.2) is 17.2 Å². The van der Waals surface area contributed by atoms with Gasteiger partial charge in [-0.15, -0.1) is 0 Å². The van der Waals surface area contributed by atoms with Crippen LogP contribution in [0.2, 0.25) is 0 Å². The summed E-state index contributed by atoms with van der Waals surface area (Å²) in [7, 11) is 0. The highest BCUT2D eigenvalue weighted by Crippen LogP contribution is 2.40. The van der Waals surface area contributed by atoms with Gasteiger partial charge in [0.05, 0.1) is 5.41 Å². The van der Waals surface area contributed by atoms with Crippen LogP contribution < -0.4 is 0 Å². The second kappa shape index (κ2) is 4.24. The Labute approximate surface area is 94.1 Å². The molecule has 0 bridgehead atoms. The summed E-state index contributed by atoms with van der Waals surface area (Å²) in [6.07, 6.45) is 0.653. The van der Waals surface area contributed by atoms with Gasteiger partial charge in [-0.05, 0) is 31.2 Å². The largest absolute Gasteiger partial charge is 0.481 e. The lowest BCUT2D eigenvalue weighted by atomic mass is 9.69. The summed E-state index contributed by atoms with van der Waals surface area (Å²) in [5.41, 5.74) is -0.0708. The SMILES string of the molecule is O=C(O)C1(c2ccccc2)CCC(F)CC1. The van der Waals surface area contributed by atoms with Gasteiger partial charge >= 0.3 is 5.97 Å². The Bertz CT molecular complexity index is 367. The second-order valence-corrected chi connectivity index (χ2v) is 4.43. The van der Waals surface area contributed by atoms with Crippen LogP contribution in [0.25, 0.3) is 0 Å². The number of alkyl halides is 1. The molecule has 86 valence electrons. The Morgan fingerprint density at radius 2 is 1.81 bits per heavy atom. The van der Waals surface area contributed by atoms with Crippen LogP contribution in [0.4, 0.5) is 4.39 Å². The number of halogens is 1. The number of aliphatic carboxylic acids is 1. The van der Waals surface area contributed by atoms with Crippen molar-refractivity contribution in [1.82, 2.24) is 0 Å². The first kappa shape index (κ1) is 11.1. The van der Waals surface area contributed by atoms with Gasteiger partial charge in [-0.25, -0.2) is 4.39 Å². The van der Waals surface area contributed by atoms with E-state index in [1.807, 2.05) is 30.3 Å². The van der Waals surface area contributed by atoms with Gasteiger partial charge in [-0.3, -0.25) is 4.79 Å². The van der Waals surface area contributed by atoms with Crippen LogP contribution in [0.1, 0.15) is 31.2 Å². The number of rotatable bonds is 2. The first-order valence-corrected chi connectivity index (χ1v) is 5.58. The third kappa shape index (κ3) is 1.82. The summed E-state index contributed by atoms with van der Waals surface area (Å²) in [4.78, 5) is 11.5. The van der Waals surface area contributed by atoms with Crippen molar-refractivity contribution in [3.8, 4) is 0 Å². The fourth-order valence-electron chi connectivity index (χ4n) is 2.46. The molecule has 1 aliphatic carbocycles. The Morgan fingerprint density at radius 3 is 2.31 bits per heavy atom. The summed E-state index contributed by atoms with van der Waals surface area (Å²) in [5, 5.41) is 9.41. The molecule has 0 atom stereocenters. The van der Waals surface area contributed by atoms with Gasteiger partial charge in [0.1, 0.15) is 6.17 Å². The second-order valence-electron chi connectivity index (χ2n) is 4.43. The van der Waals surface area contributed by atoms with Crippen molar-refractivity contribution in [2.24, 2.45) is 0 Å². The summed E-state index contributed by atoms with van der Waals surface area (Å²) in [5.74, 6) is -0.828. The lowest BCUT2D eigenvalue weighted by molar-refractivity contribution is -0.145. The number of hydrogen-bond acceptors (Lipinski definition) is 1. The molecule has 0 aromatic heterocycles. The van der Waals surface area contributed by atoms with Crippen molar-refractivity contribution in [3.05, 3.63) is 35.9 Å². The maximum Gasteiger partial charge on any atom is 0.314 e. The summed E-state index contributed by atoms with van der Waals surface area (Å²) < 4.78 is 13.1. The molecule has 1 N–H and O–H groups in total. The van der Waals surface area contributed by atoms with Gasteiger partial charge in [-0.2, -0.15) is 0 Å². The van der Waals surface area contributed by atoms with E-state index < -0.39 is 17.6 Å². The zero-order valence-electron chi connectivity index (χ0n) is 9.03. The highest BCUT2D eigenvalue weighted by molar-refractivity contribution is 5.81. The van der Waals surface area contributed by atoms with Crippen LogP contribution in [0, 0.1) is 0 Å². The molecule has 1 fully saturated rings. The topological polar surface area (TPSA) is 37.3 Å². The maximum absolute atomic E-state index is 13.1. The van der Waals surface area contributed by atoms with E-state index in [9.17, 15) is 14.3 Å². The molecule has 0 spiro atoms. The van der Waals surface area contributed by atoms with Gasteiger partial charge in [0.15, 0.2) is 0 Å². The minimum atomic E-state index is -0.871. The van der Waals surface area contributed by atoms with E-state index in [1.54, 1.807) is 0 Å². The minimum absolute atomic E-state index is 0.348. The number of hydrogen-bond donors (Lipinski definition) is 1. The average molecular weight is 222 g/mol. The van der Waals surface area contributed by atoms with Crippen LogP contribution >= 0.6 is 0 Å². The van der Waals surface area contributed by atoms with Gasteiger partial charge < -0.3 is 5.11 Å². The molecule has 3 heteroatoms. The van der Waals surface area contributed by atoms with Crippen LogP contribution in [0.3, 0.4) is 0 Å². The summed E-state index contributed by atoms with van der Waals surface area (Å²) >= 11 is 0. The van der Waals surface area contributed by atoms with Gasteiger partial charge in [-0.1, -0.05) is 30.3 Å². The predicted octanol–water partition coefficient (Wildman–Crippen LogP) is 2.92. The molecule has 0 heterocycles. The molecular weight excluding hydrogens is 207 g/mol. The van der Waals surface area contributed by atoms with Crippen molar-refractivity contribution in [2.75, 3.05) is 0 Å². The minimum Gasteiger partial charge on any atom is -0.481 e. The number of carboxylic acid groups (broad SMARTS) is 1. The maximum atomic E-state index is 13.1. The highest BCUT2D eigenvalue weighted by Gasteiger charge is 2.43. The van der Waals surface area contributed by atoms with Crippen LogP contribution in [0.5, 0.6) is 0 Å². The third-order valence-corrected chi connectivity index (χ3v) is 3.50. The van der Waals surface area contributed by atoms with Crippen LogP contribution in [0.15, 0.2) is 30.3 Å². The normalized spacial score (nSPS) is 29.9. The molecule has 2 nitrogen and oxygen atoms in total. The van der Waals surface area contributed by atoms with Crippen molar-refractivity contribution < 1.29 is 14.3 Å². The van der Waals surface area contributed by atoms with Gasteiger partial charge in [0.2, 0.25) is 0 Å². The lowest BCUT2D eigenvalue weighted by Crippen LogP contribution is -2.40. The zero-order chi connectivity index (χ0) is 11.6. The number of carboxylic acids is 1. The molecule has 1 saturated carbocycles.